The van der Waals surface area contributed by atoms with E-state index in [0.29, 0.717) is 18.5 Å². The molecule has 0 atom stereocenters. The maximum absolute atomic E-state index is 12.2. The standard InChI is InChI=1S/C20H21N3O2/c24-20(10-11-21-12-14-23-15-13-22-16-23)17-6-8-19(9-7-17)25-18-4-2-1-3-5-18/h1-9,13,15-16,21H,10-12,14H2. The van der Waals surface area contributed by atoms with Crippen LogP contribution in [0, 0.1) is 0 Å². The highest BCUT2D eigenvalue weighted by atomic mass is 16.5. The summed E-state index contributed by atoms with van der Waals surface area (Å²) >= 11 is 0. The minimum Gasteiger partial charge on any atom is -0.457 e. The molecule has 0 aliphatic carbocycles. The quantitative estimate of drug-likeness (QED) is 0.480. The van der Waals surface area contributed by atoms with Crippen molar-refractivity contribution in [1.82, 2.24) is 14.9 Å². The van der Waals surface area contributed by atoms with Crippen LogP contribution in [0.25, 0.3) is 0 Å². The molecule has 0 radical (unpaired) electrons. The van der Waals surface area contributed by atoms with E-state index in [1.165, 1.54) is 0 Å². The van der Waals surface area contributed by atoms with E-state index in [0.717, 1.165) is 24.6 Å². The van der Waals surface area contributed by atoms with Crippen LogP contribution in [0.2, 0.25) is 0 Å². The average molecular weight is 335 g/mol. The lowest BCUT2D eigenvalue weighted by atomic mass is 10.1. The second kappa shape index (κ2) is 8.80. The molecule has 0 spiro atoms. The lowest BCUT2D eigenvalue weighted by molar-refractivity contribution is 0.0982. The third-order valence-electron chi connectivity index (χ3n) is 3.79. The zero-order valence-corrected chi connectivity index (χ0v) is 14.0. The van der Waals surface area contributed by atoms with Gasteiger partial charge in [0, 0.05) is 44.0 Å². The summed E-state index contributed by atoms with van der Waals surface area (Å²) in [5, 5.41) is 3.27. The van der Waals surface area contributed by atoms with Gasteiger partial charge in [-0.15, -0.1) is 0 Å². The maximum Gasteiger partial charge on any atom is 0.164 e. The highest BCUT2D eigenvalue weighted by Crippen LogP contribution is 2.21. The third-order valence-corrected chi connectivity index (χ3v) is 3.79. The van der Waals surface area contributed by atoms with Gasteiger partial charge in [0.1, 0.15) is 11.5 Å². The Morgan fingerprint density at radius 2 is 1.76 bits per heavy atom. The molecule has 1 heterocycles. The maximum atomic E-state index is 12.2. The Bertz CT molecular complexity index is 768. The van der Waals surface area contributed by atoms with Gasteiger partial charge in [-0.25, -0.2) is 4.98 Å². The second-order valence-electron chi connectivity index (χ2n) is 5.66. The molecule has 3 aromatic rings. The van der Waals surface area contributed by atoms with E-state index in [1.54, 1.807) is 12.5 Å². The lowest BCUT2D eigenvalue weighted by Crippen LogP contribution is -2.22. The number of benzene rings is 2. The van der Waals surface area contributed by atoms with Crippen LogP contribution in [0.4, 0.5) is 0 Å². The average Bonchev–Trinajstić information content (AvgIpc) is 3.16. The van der Waals surface area contributed by atoms with E-state index in [1.807, 2.05) is 65.4 Å². The summed E-state index contributed by atoms with van der Waals surface area (Å²) in [5.74, 6) is 1.63. The summed E-state index contributed by atoms with van der Waals surface area (Å²) < 4.78 is 7.73. The number of imidazole rings is 1. The van der Waals surface area contributed by atoms with Crippen molar-refractivity contribution in [3.8, 4) is 11.5 Å². The smallest absolute Gasteiger partial charge is 0.164 e. The van der Waals surface area contributed by atoms with E-state index in [4.69, 9.17) is 4.74 Å². The lowest BCUT2D eigenvalue weighted by Gasteiger charge is -2.07. The Kier molecular flexibility index (Phi) is 5.96. The number of Topliss-reactive ketones (excluding diaryl/α,β-unsaturated/α-hetero) is 1. The van der Waals surface area contributed by atoms with Gasteiger partial charge in [0.25, 0.3) is 0 Å². The Labute approximate surface area is 147 Å². The fourth-order valence-electron chi connectivity index (χ4n) is 2.43. The molecular formula is C20H21N3O2. The molecule has 5 nitrogen and oxygen atoms in total. The molecule has 1 aromatic heterocycles. The molecule has 25 heavy (non-hydrogen) atoms. The summed E-state index contributed by atoms with van der Waals surface area (Å²) in [7, 11) is 0. The van der Waals surface area contributed by atoms with Gasteiger partial charge in [0.2, 0.25) is 0 Å². The fraction of sp³-hybridized carbons (Fsp3) is 0.200. The van der Waals surface area contributed by atoms with Crippen LogP contribution in [-0.4, -0.2) is 28.4 Å². The number of aromatic nitrogens is 2. The number of ketones is 1. The van der Waals surface area contributed by atoms with Crippen molar-refractivity contribution >= 4 is 5.78 Å². The van der Waals surface area contributed by atoms with Crippen molar-refractivity contribution in [3.05, 3.63) is 78.9 Å². The Morgan fingerprint density at radius 1 is 1.00 bits per heavy atom. The van der Waals surface area contributed by atoms with Crippen LogP contribution in [0.15, 0.2) is 73.3 Å². The van der Waals surface area contributed by atoms with Gasteiger partial charge in [0.05, 0.1) is 6.33 Å². The zero-order chi connectivity index (χ0) is 17.3. The highest BCUT2D eigenvalue weighted by Gasteiger charge is 2.06. The molecule has 1 N–H and O–H groups in total. The first-order chi connectivity index (χ1) is 12.3. The van der Waals surface area contributed by atoms with Crippen LogP contribution in [0.1, 0.15) is 16.8 Å². The number of hydrogen-bond acceptors (Lipinski definition) is 4. The molecule has 0 saturated heterocycles. The van der Waals surface area contributed by atoms with Gasteiger partial charge < -0.3 is 14.6 Å². The number of hydrogen-bond donors (Lipinski definition) is 1. The van der Waals surface area contributed by atoms with Crippen LogP contribution >= 0.6 is 0 Å². The SMILES string of the molecule is O=C(CCNCCn1ccnc1)c1ccc(Oc2ccccc2)cc1. The van der Waals surface area contributed by atoms with Crippen molar-refractivity contribution in [2.24, 2.45) is 0 Å². The molecule has 3 rings (SSSR count). The normalized spacial score (nSPS) is 10.6. The monoisotopic (exact) mass is 335 g/mol. The molecule has 0 unspecified atom stereocenters. The molecule has 0 amide bonds. The number of carbonyl (C=O) groups is 1. The van der Waals surface area contributed by atoms with Crippen molar-refractivity contribution in [3.63, 3.8) is 0 Å². The first-order valence-corrected chi connectivity index (χ1v) is 8.34. The van der Waals surface area contributed by atoms with Gasteiger partial charge in [-0.1, -0.05) is 18.2 Å². The first-order valence-electron chi connectivity index (χ1n) is 8.34. The molecule has 0 saturated carbocycles. The van der Waals surface area contributed by atoms with Crippen molar-refractivity contribution in [1.29, 1.82) is 0 Å². The van der Waals surface area contributed by atoms with Crippen molar-refractivity contribution in [2.45, 2.75) is 13.0 Å². The topological polar surface area (TPSA) is 56.2 Å². The van der Waals surface area contributed by atoms with E-state index in [2.05, 4.69) is 10.3 Å². The molecule has 5 heteroatoms. The fourth-order valence-corrected chi connectivity index (χ4v) is 2.43. The number of nitrogens with one attached hydrogen (secondary N) is 1. The van der Waals surface area contributed by atoms with Crippen molar-refractivity contribution < 1.29 is 9.53 Å². The van der Waals surface area contributed by atoms with Crippen LogP contribution in [0.3, 0.4) is 0 Å². The first kappa shape index (κ1) is 16.9. The van der Waals surface area contributed by atoms with Gasteiger partial charge in [-0.2, -0.15) is 0 Å². The largest absolute Gasteiger partial charge is 0.457 e. The summed E-state index contributed by atoms with van der Waals surface area (Å²) in [6.07, 6.45) is 5.94. The Hall–Kier alpha value is -2.92. The van der Waals surface area contributed by atoms with E-state index < -0.39 is 0 Å². The second-order valence-corrected chi connectivity index (χ2v) is 5.66. The van der Waals surface area contributed by atoms with Gasteiger partial charge in [0.15, 0.2) is 5.78 Å². The summed E-state index contributed by atoms with van der Waals surface area (Å²) in [6, 6.07) is 16.9. The molecule has 0 aliphatic rings. The molecule has 0 bridgehead atoms. The molecule has 0 aliphatic heterocycles. The number of para-hydroxylation sites is 1. The van der Waals surface area contributed by atoms with E-state index in [-0.39, 0.29) is 5.78 Å². The molecular weight excluding hydrogens is 314 g/mol. The third kappa shape index (κ3) is 5.29. The van der Waals surface area contributed by atoms with Gasteiger partial charge in [-0.3, -0.25) is 4.79 Å². The number of rotatable bonds is 9. The van der Waals surface area contributed by atoms with Crippen LogP contribution < -0.4 is 10.1 Å². The van der Waals surface area contributed by atoms with Crippen LogP contribution in [0.5, 0.6) is 11.5 Å². The Balaban J connectivity index is 1.41. The van der Waals surface area contributed by atoms with E-state index >= 15 is 0 Å². The molecule has 128 valence electrons. The number of carbonyl (C=O) groups excluding carboxylic acids is 1. The number of nitrogens with zero attached hydrogens (tertiary/aromatic N) is 2. The summed E-state index contributed by atoms with van der Waals surface area (Å²) in [5.41, 5.74) is 0.705. The van der Waals surface area contributed by atoms with Crippen molar-refractivity contribution in [2.75, 3.05) is 13.1 Å². The molecule has 0 fully saturated rings. The van der Waals surface area contributed by atoms with Crippen LogP contribution in [-0.2, 0) is 6.54 Å². The van der Waals surface area contributed by atoms with Gasteiger partial charge in [-0.05, 0) is 36.4 Å². The molecule has 2 aromatic carbocycles. The summed E-state index contributed by atoms with van der Waals surface area (Å²) in [6.45, 7) is 2.32. The predicted molar refractivity (Wildman–Crippen MR) is 97.0 cm³/mol. The highest BCUT2D eigenvalue weighted by molar-refractivity contribution is 5.96. The van der Waals surface area contributed by atoms with E-state index in [9.17, 15) is 4.79 Å². The number of ether oxygens (including phenoxy) is 1. The Morgan fingerprint density at radius 3 is 2.48 bits per heavy atom. The summed E-state index contributed by atoms with van der Waals surface area (Å²) in [4.78, 5) is 16.2. The minimum atomic E-state index is 0.126. The minimum absolute atomic E-state index is 0.126. The zero-order valence-electron chi connectivity index (χ0n) is 14.0. The van der Waals surface area contributed by atoms with Gasteiger partial charge >= 0.3 is 0 Å². The predicted octanol–water partition coefficient (Wildman–Crippen LogP) is 3.54.